The summed E-state index contributed by atoms with van der Waals surface area (Å²) in [5.41, 5.74) is -0.379. The molecule has 19 heavy (non-hydrogen) atoms. The van der Waals surface area contributed by atoms with Crippen molar-refractivity contribution in [3.63, 3.8) is 0 Å². The van der Waals surface area contributed by atoms with Crippen LogP contribution in [-0.2, 0) is 4.79 Å². The van der Waals surface area contributed by atoms with Gasteiger partial charge in [-0.15, -0.1) is 0 Å². The topological polar surface area (TPSA) is 78.4 Å². The van der Waals surface area contributed by atoms with Crippen LogP contribution in [0.4, 0.5) is 5.69 Å². The lowest BCUT2D eigenvalue weighted by atomic mass is 10.0. The second-order valence-corrected chi connectivity index (χ2v) is 5.02. The van der Waals surface area contributed by atoms with Crippen LogP contribution in [0, 0.1) is 0 Å². The van der Waals surface area contributed by atoms with Gasteiger partial charge in [-0.05, 0) is 38.6 Å². The number of carbonyl (C=O) groups excluding carboxylic acids is 1. The van der Waals surface area contributed by atoms with Crippen LogP contribution in [0.3, 0.4) is 0 Å². The number of hydrogen-bond acceptors (Lipinski definition) is 3. The van der Waals surface area contributed by atoms with E-state index < -0.39 is 11.5 Å². The number of hydrogen-bond donors (Lipinski definition) is 3. The van der Waals surface area contributed by atoms with Gasteiger partial charge in [0.2, 0.25) is 5.91 Å². The Labute approximate surface area is 117 Å². The molecule has 0 saturated heterocycles. The van der Waals surface area contributed by atoms with Crippen molar-refractivity contribution in [1.29, 1.82) is 0 Å². The number of halogens is 1. The average molecular weight is 285 g/mol. The Morgan fingerprint density at radius 3 is 2.53 bits per heavy atom. The third-order valence-electron chi connectivity index (χ3n) is 2.64. The second kappa shape index (κ2) is 6.04. The molecule has 104 valence electrons. The zero-order valence-electron chi connectivity index (χ0n) is 11.1. The van der Waals surface area contributed by atoms with Gasteiger partial charge < -0.3 is 15.7 Å². The van der Waals surface area contributed by atoms with E-state index >= 15 is 0 Å². The molecule has 0 saturated carbocycles. The van der Waals surface area contributed by atoms with Crippen LogP contribution in [-0.4, -0.2) is 29.1 Å². The van der Waals surface area contributed by atoms with Gasteiger partial charge in [0, 0.05) is 5.69 Å². The van der Waals surface area contributed by atoms with Gasteiger partial charge in [-0.1, -0.05) is 18.5 Å². The molecule has 5 nitrogen and oxygen atoms in total. The maximum absolute atomic E-state index is 12.0. The Morgan fingerprint density at radius 1 is 1.37 bits per heavy atom. The Hall–Kier alpha value is -1.59. The summed E-state index contributed by atoms with van der Waals surface area (Å²) in [7, 11) is 0. The molecule has 0 aromatic heterocycles. The predicted octanol–water partition coefficient (Wildman–Crippen LogP) is 2.36. The Balaban J connectivity index is 2.92. The number of anilines is 1. The Morgan fingerprint density at radius 2 is 2.00 bits per heavy atom. The van der Waals surface area contributed by atoms with E-state index in [-0.39, 0.29) is 16.5 Å². The first-order chi connectivity index (χ1) is 8.77. The highest BCUT2D eigenvalue weighted by molar-refractivity contribution is 6.33. The molecule has 0 unspecified atom stereocenters. The van der Waals surface area contributed by atoms with Gasteiger partial charge in [-0.3, -0.25) is 4.79 Å². The van der Waals surface area contributed by atoms with E-state index in [0.29, 0.717) is 12.2 Å². The number of aromatic carboxylic acids is 1. The maximum Gasteiger partial charge on any atom is 0.337 e. The van der Waals surface area contributed by atoms with Gasteiger partial charge in [0.05, 0.1) is 16.1 Å². The summed E-state index contributed by atoms with van der Waals surface area (Å²) < 4.78 is 0. The molecule has 0 radical (unpaired) electrons. The molecule has 3 N–H and O–H groups in total. The van der Waals surface area contributed by atoms with E-state index in [4.69, 9.17) is 16.7 Å². The van der Waals surface area contributed by atoms with Crippen LogP contribution >= 0.6 is 11.6 Å². The van der Waals surface area contributed by atoms with E-state index in [0.717, 1.165) is 0 Å². The minimum atomic E-state index is -1.13. The highest BCUT2D eigenvalue weighted by atomic mass is 35.5. The highest BCUT2D eigenvalue weighted by Crippen LogP contribution is 2.21. The largest absolute Gasteiger partial charge is 0.478 e. The van der Waals surface area contributed by atoms with Crippen molar-refractivity contribution in [2.24, 2.45) is 0 Å². The van der Waals surface area contributed by atoms with Crippen molar-refractivity contribution >= 4 is 29.2 Å². The number of carboxylic acids is 1. The molecule has 6 heteroatoms. The fourth-order valence-corrected chi connectivity index (χ4v) is 1.77. The highest BCUT2D eigenvalue weighted by Gasteiger charge is 2.26. The number of carboxylic acid groups (broad SMARTS) is 1. The van der Waals surface area contributed by atoms with Gasteiger partial charge in [0.1, 0.15) is 0 Å². The Bertz CT molecular complexity index is 501. The quantitative estimate of drug-likeness (QED) is 0.776. The Kier molecular flexibility index (Phi) is 4.91. The molecule has 0 heterocycles. The summed E-state index contributed by atoms with van der Waals surface area (Å²) in [6, 6.07) is 4.35. The van der Waals surface area contributed by atoms with E-state index in [1.807, 2.05) is 6.92 Å². The zero-order valence-corrected chi connectivity index (χ0v) is 11.8. The van der Waals surface area contributed by atoms with Crippen LogP contribution in [0.5, 0.6) is 0 Å². The molecule has 0 atom stereocenters. The summed E-state index contributed by atoms with van der Waals surface area (Å²) >= 11 is 5.76. The van der Waals surface area contributed by atoms with Gasteiger partial charge in [-0.25, -0.2) is 4.79 Å². The molecule has 0 aliphatic heterocycles. The molecule has 0 fully saturated rings. The first-order valence-corrected chi connectivity index (χ1v) is 6.25. The molecule has 1 amide bonds. The molecule has 0 aliphatic rings. The minimum Gasteiger partial charge on any atom is -0.478 e. The smallest absolute Gasteiger partial charge is 0.337 e. The minimum absolute atomic E-state index is 0.0410. The molecular weight excluding hydrogens is 268 g/mol. The summed E-state index contributed by atoms with van der Waals surface area (Å²) in [4.78, 5) is 23.0. The first kappa shape index (κ1) is 15.5. The summed E-state index contributed by atoms with van der Waals surface area (Å²) in [6.07, 6.45) is 0. The third-order valence-corrected chi connectivity index (χ3v) is 2.97. The molecule has 1 aromatic rings. The van der Waals surface area contributed by atoms with E-state index in [1.54, 1.807) is 19.9 Å². The fourth-order valence-electron chi connectivity index (χ4n) is 1.58. The van der Waals surface area contributed by atoms with E-state index in [9.17, 15) is 9.59 Å². The molecule has 1 rings (SSSR count). The fraction of sp³-hybridized carbons (Fsp3) is 0.385. The molecule has 0 aliphatic carbocycles. The SMILES string of the molecule is CCNC(C)(C)C(=O)Nc1ccc(Cl)c(C(=O)O)c1. The molecule has 0 bridgehead atoms. The summed E-state index contributed by atoms with van der Waals surface area (Å²) in [5, 5.41) is 14.8. The third kappa shape index (κ3) is 3.94. The predicted molar refractivity (Wildman–Crippen MR) is 74.8 cm³/mol. The van der Waals surface area contributed by atoms with Crippen molar-refractivity contribution in [2.45, 2.75) is 26.3 Å². The number of amides is 1. The van der Waals surface area contributed by atoms with Crippen molar-refractivity contribution in [3.05, 3.63) is 28.8 Å². The number of benzene rings is 1. The lowest BCUT2D eigenvalue weighted by Gasteiger charge is -2.24. The van der Waals surface area contributed by atoms with Crippen LogP contribution in [0.25, 0.3) is 0 Å². The molecule has 0 spiro atoms. The van der Waals surface area contributed by atoms with Gasteiger partial charge in [0.25, 0.3) is 0 Å². The van der Waals surface area contributed by atoms with Crippen molar-refractivity contribution < 1.29 is 14.7 Å². The number of rotatable bonds is 5. The second-order valence-electron chi connectivity index (χ2n) is 4.61. The number of nitrogens with one attached hydrogen (secondary N) is 2. The zero-order chi connectivity index (χ0) is 14.6. The van der Waals surface area contributed by atoms with Crippen LogP contribution in [0.1, 0.15) is 31.1 Å². The van der Waals surface area contributed by atoms with Crippen molar-refractivity contribution in [2.75, 3.05) is 11.9 Å². The van der Waals surface area contributed by atoms with Crippen LogP contribution < -0.4 is 10.6 Å². The monoisotopic (exact) mass is 284 g/mol. The van der Waals surface area contributed by atoms with E-state index in [2.05, 4.69) is 10.6 Å². The average Bonchev–Trinajstić information content (AvgIpc) is 2.31. The number of carbonyl (C=O) groups is 2. The number of likely N-dealkylation sites (N-methyl/N-ethyl adjacent to an activating group) is 1. The maximum atomic E-state index is 12.0. The van der Waals surface area contributed by atoms with Gasteiger partial charge >= 0.3 is 5.97 Å². The molecular formula is C13H17ClN2O3. The van der Waals surface area contributed by atoms with Crippen molar-refractivity contribution in [1.82, 2.24) is 5.32 Å². The lowest BCUT2D eigenvalue weighted by molar-refractivity contribution is -0.121. The van der Waals surface area contributed by atoms with Crippen LogP contribution in [0.2, 0.25) is 5.02 Å². The van der Waals surface area contributed by atoms with Gasteiger partial charge in [-0.2, -0.15) is 0 Å². The first-order valence-electron chi connectivity index (χ1n) is 5.87. The van der Waals surface area contributed by atoms with Crippen LogP contribution in [0.15, 0.2) is 18.2 Å². The normalized spacial score (nSPS) is 11.2. The van der Waals surface area contributed by atoms with Crippen molar-refractivity contribution in [3.8, 4) is 0 Å². The summed E-state index contributed by atoms with van der Waals surface area (Å²) in [6.45, 7) is 6.06. The van der Waals surface area contributed by atoms with Gasteiger partial charge in [0.15, 0.2) is 0 Å². The van der Waals surface area contributed by atoms with E-state index in [1.165, 1.54) is 12.1 Å². The molecule has 1 aromatic carbocycles. The summed E-state index contributed by atoms with van der Waals surface area (Å²) in [5.74, 6) is -1.37. The lowest BCUT2D eigenvalue weighted by Crippen LogP contribution is -2.49. The standard InChI is InChI=1S/C13H17ClN2O3/c1-4-15-13(2,3)12(19)16-8-5-6-10(14)9(7-8)11(17)18/h5-7,15H,4H2,1-3H3,(H,16,19)(H,17,18).